The number of hydrogen-bond acceptors (Lipinski definition) is 5. The number of aromatic nitrogens is 2. The van der Waals surface area contributed by atoms with Crippen LogP contribution in [0.25, 0.3) is 11.4 Å². The minimum absolute atomic E-state index is 0.0843. The molecule has 1 aromatic heterocycles. The van der Waals surface area contributed by atoms with Gasteiger partial charge in [-0.1, -0.05) is 30.3 Å². The van der Waals surface area contributed by atoms with Crippen LogP contribution in [0, 0.1) is 18.6 Å². The number of aryl methyl sites for hydroxylation is 1. The third-order valence-electron chi connectivity index (χ3n) is 6.02. The van der Waals surface area contributed by atoms with E-state index in [0.717, 1.165) is 54.3 Å². The minimum Gasteiger partial charge on any atom is -0.396 e. The zero-order valence-corrected chi connectivity index (χ0v) is 18.2. The molecule has 4 rings (SSSR count). The van der Waals surface area contributed by atoms with Crippen molar-refractivity contribution in [3.05, 3.63) is 83.2 Å². The molecule has 1 aliphatic heterocycles. The van der Waals surface area contributed by atoms with Crippen molar-refractivity contribution in [2.75, 3.05) is 26.2 Å². The van der Waals surface area contributed by atoms with Gasteiger partial charge in [-0.15, -0.1) is 0 Å². The van der Waals surface area contributed by atoms with Gasteiger partial charge in [0, 0.05) is 68.9 Å². The molecule has 1 saturated heterocycles. The highest BCUT2D eigenvalue weighted by Gasteiger charge is 2.27. The van der Waals surface area contributed by atoms with Crippen LogP contribution in [-0.4, -0.2) is 57.2 Å². The number of rotatable bonds is 7. The van der Waals surface area contributed by atoms with Crippen molar-refractivity contribution < 1.29 is 13.9 Å². The van der Waals surface area contributed by atoms with Crippen LogP contribution >= 0.6 is 0 Å². The van der Waals surface area contributed by atoms with E-state index in [1.165, 1.54) is 12.1 Å². The predicted octanol–water partition coefficient (Wildman–Crippen LogP) is 3.80. The van der Waals surface area contributed by atoms with Crippen molar-refractivity contribution in [3.63, 3.8) is 0 Å². The van der Waals surface area contributed by atoms with E-state index >= 15 is 0 Å². The molecule has 0 unspecified atom stereocenters. The van der Waals surface area contributed by atoms with Crippen molar-refractivity contribution in [2.24, 2.45) is 0 Å². The van der Waals surface area contributed by atoms with E-state index in [9.17, 15) is 13.9 Å². The standard InChI is InChI=1S/C25H28F2N4O/c1-18-4-2-3-5-22(18)25-28-13-20(14-29-25)15-30-9-10-31(21(17-30)8-11-32)16-19-6-7-23(26)24(27)12-19/h2-7,12-14,21,32H,8-11,15-17H2,1H3/t21-/m1/s1. The van der Waals surface area contributed by atoms with Crippen LogP contribution in [0.2, 0.25) is 0 Å². The lowest BCUT2D eigenvalue weighted by molar-refractivity contribution is 0.0498. The summed E-state index contributed by atoms with van der Waals surface area (Å²) >= 11 is 0. The fourth-order valence-electron chi connectivity index (χ4n) is 4.26. The third kappa shape index (κ3) is 5.35. The van der Waals surface area contributed by atoms with Crippen molar-refractivity contribution in [3.8, 4) is 11.4 Å². The molecule has 1 fully saturated rings. The zero-order valence-electron chi connectivity index (χ0n) is 18.2. The number of halogens is 2. The molecule has 0 spiro atoms. The first-order valence-corrected chi connectivity index (χ1v) is 10.9. The van der Waals surface area contributed by atoms with Crippen LogP contribution in [0.3, 0.4) is 0 Å². The molecule has 168 valence electrons. The lowest BCUT2D eigenvalue weighted by Gasteiger charge is -2.41. The van der Waals surface area contributed by atoms with Gasteiger partial charge >= 0.3 is 0 Å². The fraction of sp³-hybridized carbons (Fsp3) is 0.360. The summed E-state index contributed by atoms with van der Waals surface area (Å²) in [5.41, 5.74) is 3.96. The first kappa shape index (κ1) is 22.5. The Bertz CT molecular complexity index is 1040. The Labute approximate surface area is 187 Å². The number of piperazine rings is 1. The molecular weight excluding hydrogens is 410 g/mol. The molecule has 1 N–H and O–H groups in total. The van der Waals surface area contributed by atoms with Crippen molar-refractivity contribution >= 4 is 0 Å². The summed E-state index contributed by atoms with van der Waals surface area (Å²) < 4.78 is 26.8. The summed E-state index contributed by atoms with van der Waals surface area (Å²) in [4.78, 5) is 13.7. The average Bonchev–Trinajstić information content (AvgIpc) is 2.79. The molecule has 0 saturated carbocycles. The Balaban J connectivity index is 1.39. The number of aliphatic hydroxyl groups excluding tert-OH is 1. The highest BCUT2D eigenvalue weighted by Crippen LogP contribution is 2.21. The molecule has 32 heavy (non-hydrogen) atoms. The van der Waals surface area contributed by atoms with Crippen LogP contribution in [-0.2, 0) is 13.1 Å². The molecule has 0 aliphatic carbocycles. The van der Waals surface area contributed by atoms with Gasteiger partial charge in [0.25, 0.3) is 0 Å². The predicted molar refractivity (Wildman–Crippen MR) is 120 cm³/mol. The molecule has 0 bridgehead atoms. The molecule has 3 aromatic rings. The summed E-state index contributed by atoms with van der Waals surface area (Å²) in [5, 5.41) is 9.55. The second-order valence-electron chi connectivity index (χ2n) is 8.35. The Morgan fingerprint density at radius 3 is 2.47 bits per heavy atom. The van der Waals surface area contributed by atoms with E-state index < -0.39 is 11.6 Å². The Kier molecular flexibility index (Phi) is 7.19. The molecule has 2 aromatic carbocycles. The highest BCUT2D eigenvalue weighted by molar-refractivity contribution is 5.59. The number of hydrogen-bond donors (Lipinski definition) is 1. The number of benzene rings is 2. The highest BCUT2D eigenvalue weighted by atomic mass is 19.2. The van der Waals surface area contributed by atoms with Crippen LogP contribution in [0.4, 0.5) is 8.78 Å². The fourth-order valence-corrected chi connectivity index (χ4v) is 4.26. The smallest absolute Gasteiger partial charge is 0.159 e. The van der Waals surface area contributed by atoms with E-state index in [-0.39, 0.29) is 12.6 Å². The van der Waals surface area contributed by atoms with E-state index in [2.05, 4.69) is 19.8 Å². The number of nitrogens with zero attached hydrogens (tertiary/aromatic N) is 4. The molecule has 0 amide bonds. The van der Waals surface area contributed by atoms with Gasteiger partial charge in [0.05, 0.1) is 0 Å². The summed E-state index contributed by atoms with van der Waals surface area (Å²) in [5.74, 6) is -0.934. The van der Waals surface area contributed by atoms with Gasteiger partial charge in [-0.3, -0.25) is 9.80 Å². The average molecular weight is 439 g/mol. The summed E-state index contributed by atoms with van der Waals surface area (Å²) in [6.45, 7) is 5.80. The van der Waals surface area contributed by atoms with E-state index in [1.807, 2.05) is 43.6 Å². The molecule has 1 atom stereocenters. The Morgan fingerprint density at radius 2 is 1.75 bits per heavy atom. The second-order valence-corrected chi connectivity index (χ2v) is 8.35. The zero-order chi connectivity index (χ0) is 22.5. The molecule has 1 aliphatic rings. The van der Waals surface area contributed by atoms with E-state index in [0.29, 0.717) is 13.0 Å². The van der Waals surface area contributed by atoms with Crippen LogP contribution in [0.1, 0.15) is 23.1 Å². The molecular formula is C25H28F2N4O. The van der Waals surface area contributed by atoms with Gasteiger partial charge in [0.1, 0.15) is 0 Å². The molecule has 2 heterocycles. The topological polar surface area (TPSA) is 52.5 Å². The second kappa shape index (κ2) is 10.3. The quantitative estimate of drug-likeness (QED) is 0.608. The summed E-state index contributed by atoms with van der Waals surface area (Å²) in [6, 6.07) is 12.2. The molecule has 5 nitrogen and oxygen atoms in total. The summed E-state index contributed by atoms with van der Waals surface area (Å²) in [6.07, 6.45) is 4.38. The van der Waals surface area contributed by atoms with Crippen LogP contribution < -0.4 is 0 Å². The van der Waals surface area contributed by atoms with Crippen LogP contribution in [0.15, 0.2) is 54.9 Å². The van der Waals surface area contributed by atoms with Crippen molar-refractivity contribution in [2.45, 2.75) is 32.5 Å². The summed E-state index contributed by atoms with van der Waals surface area (Å²) in [7, 11) is 0. The monoisotopic (exact) mass is 438 g/mol. The van der Waals surface area contributed by atoms with Gasteiger partial charge in [-0.05, 0) is 36.6 Å². The van der Waals surface area contributed by atoms with Crippen molar-refractivity contribution in [1.29, 1.82) is 0 Å². The van der Waals surface area contributed by atoms with Crippen LogP contribution in [0.5, 0.6) is 0 Å². The van der Waals surface area contributed by atoms with Crippen molar-refractivity contribution in [1.82, 2.24) is 19.8 Å². The van der Waals surface area contributed by atoms with Gasteiger partial charge in [0.2, 0.25) is 0 Å². The molecule has 0 radical (unpaired) electrons. The Morgan fingerprint density at radius 1 is 0.969 bits per heavy atom. The van der Waals surface area contributed by atoms with Gasteiger partial charge < -0.3 is 5.11 Å². The normalized spacial score (nSPS) is 17.6. The number of aliphatic hydroxyl groups is 1. The maximum Gasteiger partial charge on any atom is 0.159 e. The SMILES string of the molecule is Cc1ccccc1-c1ncc(CN2CCN(Cc3ccc(F)c(F)c3)[C@H](CCO)C2)cn1. The maximum atomic E-state index is 13.6. The Hall–Kier alpha value is -2.74. The lowest BCUT2D eigenvalue weighted by Crippen LogP contribution is -2.52. The third-order valence-corrected chi connectivity index (χ3v) is 6.02. The molecule has 7 heteroatoms. The van der Waals surface area contributed by atoms with E-state index in [4.69, 9.17) is 0 Å². The maximum absolute atomic E-state index is 13.6. The van der Waals surface area contributed by atoms with E-state index in [1.54, 1.807) is 6.07 Å². The first-order valence-electron chi connectivity index (χ1n) is 10.9. The first-order chi connectivity index (χ1) is 15.5. The largest absolute Gasteiger partial charge is 0.396 e. The minimum atomic E-state index is -0.832. The van der Waals surface area contributed by atoms with Gasteiger partial charge in [-0.2, -0.15) is 0 Å². The lowest BCUT2D eigenvalue weighted by atomic mass is 10.1. The van der Waals surface area contributed by atoms with Gasteiger partial charge in [-0.25, -0.2) is 18.7 Å². The van der Waals surface area contributed by atoms with Gasteiger partial charge in [0.15, 0.2) is 17.5 Å².